The zero-order chi connectivity index (χ0) is 12.8. The van der Waals surface area contributed by atoms with Gasteiger partial charge in [0.05, 0.1) is 12.2 Å². The zero-order valence-electron chi connectivity index (χ0n) is 11.0. The summed E-state index contributed by atoms with van der Waals surface area (Å²) in [5, 5.41) is 4.64. The average Bonchev–Trinajstić information content (AvgIpc) is 2.97. The van der Waals surface area contributed by atoms with E-state index in [1.165, 1.54) is 37.7 Å². The molecule has 0 amide bonds. The minimum absolute atomic E-state index is 0.500. The first-order valence-electron chi connectivity index (χ1n) is 7.45. The molecule has 1 aromatic carbocycles. The van der Waals surface area contributed by atoms with Gasteiger partial charge in [0.1, 0.15) is 0 Å². The second-order valence-corrected chi connectivity index (χ2v) is 6.74. The lowest BCUT2D eigenvalue weighted by molar-refractivity contribution is 0.0931. The quantitative estimate of drug-likeness (QED) is 0.913. The first kappa shape index (κ1) is 12.2. The van der Waals surface area contributed by atoms with Crippen LogP contribution in [0.15, 0.2) is 24.3 Å². The van der Waals surface area contributed by atoms with Crippen molar-refractivity contribution in [1.29, 1.82) is 0 Å². The van der Waals surface area contributed by atoms with Crippen molar-refractivity contribution < 1.29 is 4.74 Å². The summed E-state index contributed by atoms with van der Waals surface area (Å²) in [6, 6.07) is 9.65. The molecule has 3 atom stereocenters. The normalized spacial score (nSPS) is 40.4. The fraction of sp³-hybridized carbons (Fsp3) is 0.625. The molecule has 0 aromatic heterocycles. The SMILES string of the molecule is Clc1ccc(C2CC(NC3CC4CCC3O4)C2)cc1. The number of hydrogen-bond donors (Lipinski definition) is 1. The highest BCUT2D eigenvalue weighted by atomic mass is 35.5. The summed E-state index contributed by atoms with van der Waals surface area (Å²) >= 11 is 5.93. The van der Waals surface area contributed by atoms with E-state index >= 15 is 0 Å². The summed E-state index contributed by atoms with van der Waals surface area (Å²) < 4.78 is 5.90. The van der Waals surface area contributed by atoms with Gasteiger partial charge in [0, 0.05) is 17.1 Å². The molecule has 102 valence electrons. The topological polar surface area (TPSA) is 21.3 Å². The summed E-state index contributed by atoms with van der Waals surface area (Å²) in [6.07, 6.45) is 7.34. The molecule has 0 radical (unpaired) electrons. The molecule has 4 rings (SSSR count). The summed E-state index contributed by atoms with van der Waals surface area (Å²) in [4.78, 5) is 0. The van der Waals surface area contributed by atoms with Crippen LogP contribution in [0.1, 0.15) is 43.6 Å². The Balaban J connectivity index is 1.30. The van der Waals surface area contributed by atoms with Crippen LogP contribution < -0.4 is 5.32 Å². The van der Waals surface area contributed by atoms with E-state index in [9.17, 15) is 0 Å². The van der Waals surface area contributed by atoms with Crippen LogP contribution in [-0.4, -0.2) is 24.3 Å². The highest BCUT2D eigenvalue weighted by Crippen LogP contribution is 2.40. The first-order valence-corrected chi connectivity index (χ1v) is 7.83. The molecule has 19 heavy (non-hydrogen) atoms. The number of hydrogen-bond acceptors (Lipinski definition) is 2. The molecule has 0 spiro atoms. The smallest absolute Gasteiger partial charge is 0.0733 e. The van der Waals surface area contributed by atoms with Crippen molar-refractivity contribution in [3.05, 3.63) is 34.9 Å². The Labute approximate surface area is 119 Å². The van der Waals surface area contributed by atoms with Crippen LogP contribution in [0.5, 0.6) is 0 Å². The van der Waals surface area contributed by atoms with Crippen LogP contribution in [0.4, 0.5) is 0 Å². The maximum Gasteiger partial charge on any atom is 0.0733 e. The molecule has 2 nitrogen and oxygen atoms in total. The maximum absolute atomic E-state index is 5.93. The third-order valence-electron chi connectivity index (χ3n) is 5.04. The van der Waals surface area contributed by atoms with Crippen LogP contribution in [-0.2, 0) is 4.74 Å². The molecule has 3 unspecified atom stereocenters. The molecule has 1 aromatic rings. The van der Waals surface area contributed by atoms with E-state index in [1.54, 1.807) is 0 Å². The lowest BCUT2D eigenvalue weighted by Gasteiger charge is -2.39. The van der Waals surface area contributed by atoms with Crippen LogP contribution >= 0.6 is 11.6 Å². The van der Waals surface area contributed by atoms with Gasteiger partial charge < -0.3 is 10.1 Å². The van der Waals surface area contributed by atoms with E-state index in [1.807, 2.05) is 12.1 Å². The highest BCUT2D eigenvalue weighted by molar-refractivity contribution is 6.30. The summed E-state index contributed by atoms with van der Waals surface area (Å²) in [7, 11) is 0. The van der Waals surface area contributed by atoms with Gasteiger partial charge in [0.25, 0.3) is 0 Å². The van der Waals surface area contributed by atoms with Crippen LogP contribution in [0.2, 0.25) is 5.02 Å². The monoisotopic (exact) mass is 277 g/mol. The molecule has 3 fully saturated rings. The number of halogens is 1. The number of ether oxygens (including phenoxy) is 1. The number of rotatable bonds is 3. The van der Waals surface area contributed by atoms with Gasteiger partial charge in [-0.15, -0.1) is 0 Å². The molecule has 3 heteroatoms. The Bertz CT molecular complexity index is 454. The maximum atomic E-state index is 5.93. The van der Waals surface area contributed by atoms with Crippen molar-refractivity contribution in [1.82, 2.24) is 5.32 Å². The van der Waals surface area contributed by atoms with E-state index < -0.39 is 0 Å². The Morgan fingerprint density at radius 1 is 1.05 bits per heavy atom. The number of nitrogens with one attached hydrogen (secondary N) is 1. The largest absolute Gasteiger partial charge is 0.373 e. The Kier molecular flexibility index (Phi) is 3.06. The van der Waals surface area contributed by atoms with Crippen molar-refractivity contribution >= 4 is 11.6 Å². The van der Waals surface area contributed by atoms with E-state index in [0.29, 0.717) is 30.2 Å². The van der Waals surface area contributed by atoms with Crippen LogP contribution in [0, 0.1) is 0 Å². The third kappa shape index (κ3) is 2.31. The van der Waals surface area contributed by atoms with E-state index in [0.717, 1.165) is 5.02 Å². The van der Waals surface area contributed by atoms with Gasteiger partial charge in [-0.3, -0.25) is 0 Å². The van der Waals surface area contributed by atoms with Gasteiger partial charge in [-0.1, -0.05) is 23.7 Å². The zero-order valence-corrected chi connectivity index (χ0v) is 11.8. The standard InChI is InChI=1S/C16H20ClNO/c17-12-3-1-10(2-4-12)11-7-13(8-11)18-15-9-14-5-6-16(15)19-14/h1-4,11,13-16,18H,5-9H2. The second-order valence-electron chi connectivity index (χ2n) is 6.30. The molecule has 1 aliphatic carbocycles. The third-order valence-corrected chi connectivity index (χ3v) is 5.29. The number of benzene rings is 1. The Hall–Kier alpha value is -0.570. The Morgan fingerprint density at radius 3 is 2.47 bits per heavy atom. The lowest BCUT2D eigenvalue weighted by Crippen LogP contribution is -2.49. The average molecular weight is 278 g/mol. The molecule has 2 saturated heterocycles. The summed E-state index contributed by atoms with van der Waals surface area (Å²) in [5.74, 6) is 0.717. The molecule has 1 saturated carbocycles. The molecule has 3 aliphatic rings. The predicted octanol–water partition coefficient (Wildman–Crippen LogP) is 3.50. The van der Waals surface area contributed by atoms with E-state index in [-0.39, 0.29) is 0 Å². The van der Waals surface area contributed by atoms with Crippen molar-refractivity contribution in [2.45, 2.75) is 62.3 Å². The van der Waals surface area contributed by atoms with Crippen LogP contribution in [0.3, 0.4) is 0 Å². The Morgan fingerprint density at radius 2 is 1.84 bits per heavy atom. The highest BCUT2D eigenvalue weighted by Gasteiger charge is 2.43. The van der Waals surface area contributed by atoms with E-state index in [4.69, 9.17) is 16.3 Å². The van der Waals surface area contributed by atoms with Crippen molar-refractivity contribution in [2.24, 2.45) is 0 Å². The van der Waals surface area contributed by atoms with Gasteiger partial charge in [0.15, 0.2) is 0 Å². The van der Waals surface area contributed by atoms with Gasteiger partial charge >= 0.3 is 0 Å². The lowest BCUT2D eigenvalue weighted by atomic mass is 9.75. The minimum Gasteiger partial charge on any atom is -0.373 e. The van der Waals surface area contributed by atoms with Gasteiger partial charge in [-0.05, 0) is 55.7 Å². The molecule has 1 N–H and O–H groups in total. The summed E-state index contributed by atoms with van der Waals surface area (Å²) in [6.45, 7) is 0. The van der Waals surface area contributed by atoms with Crippen molar-refractivity contribution in [3.8, 4) is 0 Å². The van der Waals surface area contributed by atoms with Crippen LogP contribution in [0.25, 0.3) is 0 Å². The van der Waals surface area contributed by atoms with Crippen molar-refractivity contribution in [2.75, 3.05) is 0 Å². The van der Waals surface area contributed by atoms with Crippen molar-refractivity contribution in [3.63, 3.8) is 0 Å². The fourth-order valence-electron chi connectivity index (χ4n) is 3.88. The van der Waals surface area contributed by atoms with E-state index in [2.05, 4.69) is 17.4 Å². The molecule has 2 heterocycles. The molecular formula is C16H20ClNO. The van der Waals surface area contributed by atoms with Gasteiger partial charge in [-0.2, -0.15) is 0 Å². The fourth-order valence-corrected chi connectivity index (χ4v) is 4.00. The summed E-state index contributed by atoms with van der Waals surface area (Å²) in [5.41, 5.74) is 1.44. The van der Waals surface area contributed by atoms with Gasteiger partial charge in [-0.25, -0.2) is 0 Å². The molecular weight excluding hydrogens is 258 g/mol. The van der Waals surface area contributed by atoms with Gasteiger partial charge in [0.2, 0.25) is 0 Å². The minimum atomic E-state index is 0.500. The second kappa shape index (κ2) is 4.76. The molecule has 2 bridgehead atoms. The first-order chi connectivity index (χ1) is 9.28. The predicted molar refractivity (Wildman–Crippen MR) is 76.7 cm³/mol. The number of fused-ring (bicyclic) bond motifs is 2. The molecule has 2 aliphatic heterocycles.